The summed E-state index contributed by atoms with van der Waals surface area (Å²) in [6.45, 7) is 12.8. The van der Waals surface area contributed by atoms with Gasteiger partial charge in [0.25, 0.3) is 0 Å². The number of hydrogen-bond donors (Lipinski definition) is 0. The van der Waals surface area contributed by atoms with Crippen LogP contribution in [-0.2, 0) is 13.2 Å². The van der Waals surface area contributed by atoms with E-state index in [2.05, 4.69) is 64.1 Å². The van der Waals surface area contributed by atoms with E-state index in [1.54, 1.807) is 0 Å². The molecule has 2 fully saturated rings. The summed E-state index contributed by atoms with van der Waals surface area (Å²) in [6, 6.07) is 9.30. The van der Waals surface area contributed by atoms with Gasteiger partial charge in [-0.15, -0.1) is 0 Å². The summed E-state index contributed by atoms with van der Waals surface area (Å²) in [7, 11) is 0. The average Bonchev–Trinajstić information content (AvgIpc) is 3.43. The third-order valence-corrected chi connectivity index (χ3v) is 6.19. The minimum atomic E-state index is 0.416. The van der Waals surface area contributed by atoms with Crippen LogP contribution in [0, 0.1) is 11.7 Å². The molecule has 0 radical (unpaired) electrons. The molecule has 27 heavy (non-hydrogen) atoms. The van der Waals surface area contributed by atoms with Gasteiger partial charge >= 0.3 is 0 Å². The van der Waals surface area contributed by atoms with Gasteiger partial charge < -0.3 is 4.57 Å². The van der Waals surface area contributed by atoms with Crippen molar-refractivity contribution in [1.82, 2.24) is 24.1 Å². The van der Waals surface area contributed by atoms with Gasteiger partial charge in [0, 0.05) is 44.7 Å². The minimum absolute atomic E-state index is 0.416. The van der Waals surface area contributed by atoms with Crippen LogP contribution in [0.2, 0.25) is 0 Å². The van der Waals surface area contributed by atoms with Gasteiger partial charge in [0.15, 0.2) is 4.77 Å². The number of rotatable bonds is 6. The highest BCUT2D eigenvalue weighted by atomic mass is 32.1. The Labute approximate surface area is 167 Å². The first-order valence-corrected chi connectivity index (χ1v) is 10.6. The lowest BCUT2D eigenvalue weighted by atomic mass is 10.1. The predicted molar refractivity (Wildman–Crippen MR) is 111 cm³/mol. The second-order valence-corrected chi connectivity index (χ2v) is 8.72. The molecule has 146 valence electrons. The molecule has 0 atom stereocenters. The first kappa shape index (κ1) is 18.8. The van der Waals surface area contributed by atoms with Gasteiger partial charge in [-0.25, -0.2) is 4.68 Å². The van der Waals surface area contributed by atoms with Crippen LogP contribution in [0.4, 0.5) is 0 Å². The van der Waals surface area contributed by atoms with E-state index >= 15 is 0 Å². The largest absolute Gasteiger partial charge is 0.301 e. The van der Waals surface area contributed by atoms with Gasteiger partial charge in [0.05, 0.1) is 6.67 Å². The van der Waals surface area contributed by atoms with Crippen molar-refractivity contribution in [3.63, 3.8) is 0 Å². The van der Waals surface area contributed by atoms with Crippen LogP contribution in [-0.4, -0.2) is 50.3 Å². The maximum Gasteiger partial charge on any atom is 0.199 e. The molecule has 1 aromatic carbocycles. The topological polar surface area (TPSA) is 29.2 Å². The average molecular weight is 386 g/mol. The molecule has 5 nitrogen and oxygen atoms in total. The summed E-state index contributed by atoms with van der Waals surface area (Å²) in [5.41, 5.74) is 2.83. The predicted octanol–water partition coefficient (Wildman–Crippen LogP) is 3.96. The van der Waals surface area contributed by atoms with Crippen molar-refractivity contribution in [2.45, 2.75) is 58.8 Å². The van der Waals surface area contributed by atoms with Crippen molar-refractivity contribution in [3.8, 4) is 0 Å². The molecule has 1 aromatic heterocycles. The first-order chi connectivity index (χ1) is 13.0. The second-order valence-electron chi connectivity index (χ2n) is 8.36. The number of benzene rings is 1. The van der Waals surface area contributed by atoms with Gasteiger partial charge in [0.1, 0.15) is 5.82 Å². The van der Waals surface area contributed by atoms with E-state index in [1.807, 2.05) is 0 Å². The molecule has 6 heteroatoms. The highest BCUT2D eigenvalue weighted by Crippen LogP contribution is 2.37. The molecule has 0 unspecified atom stereocenters. The Morgan fingerprint density at radius 3 is 2.37 bits per heavy atom. The summed E-state index contributed by atoms with van der Waals surface area (Å²) in [6.07, 6.45) is 2.49. The van der Waals surface area contributed by atoms with Crippen LogP contribution in [0.3, 0.4) is 0 Å². The molecule has 0 N–H and O–H groups in total. The van der Waals surface area contributed by atoms with Gasteiger partial charge in [-0.3, -0.25) is 9.80 Å². The third-order valence-electron chi connectivity index (χ3n) is 5.78. The number of aryl methyl sites for hydroxylation is 1. The minimum Gasteiger partial charge on any atom is -0.301 e. The fourth-order valence-electron chi connectivity index (χ4n) is 3.91. The number of piperazine rings is 1. The lowest BCUT2D eigenvalue weighted by molar-refractivity contribution is 0.0977. The van der Waals surface area contributed by atoms with E-state index in [0.717, 1.165) is 50.0 Å². The molecule has 2 aromatic rings. The van der Waals surface area contributed by atoms with E-state index in [0.29, 0.717) is 12.0 Å². The summed E-state index contributed by atoms with van der Waals surface area (Å²) >= 11 is 5.77. The van der Waals surface area contributed by atoms with E-state index in [9.17, 15) is 0 Å². The maximum atomic E-state index is 5.77. The number of aromatic nitrogens is 3. The van der Waals surface area contributed by atoms with Crippen molar-refractivity contribution < 1.29 is 0 Å². The Morgan fingerprint density at radius 2 is 1.74 bits per heavy atom. The molecular weight excluding hydrogens is 354 g/mol. The molecule has 2 aliphatic rings. The fraction of sp³-hybridized carbons (Fsp3) is 0.619. The zero-order valence-corrected chi connectivity index (χ0v) is 17.6. The highest BCUT2D eigenvalue weighted by molar-refractivity contribution is 7.71. The van der Waals surface area contributed by atoms with Crippen LogP contribution in [0.25, 0.3) is 0 Å². The Balaban J connectivity index is 1.38. The van der Waals surface area contributed by atoms with Crippen molar-refractivity contribution in [1.29, 1.82) is 0 Å². The maximum absolute atomic E-state index is 5.77. The summed E-state index contributed by atoms with van der Waals surface area (Å²) in [4.78, 5) is 5.04. The Bertz CT molecular complexity index is 840. The Hall–Kier alpha value is -1.50. The Kier molecular flexibility index (Phi) is 5.48. The number of nitrogens with zero attached hydrogens (tertiary/aromatic N) is 5. The Morgan fingerprint density at radius 1 is 1.07 bits per heavy atom. The van der Waals surface area contributed by atoms with Crippen molar-refractivity contribution >= 4 is 12.2 Å². The molecule has 1 saturated carbocycles. The van der Waals surface area contributed by atoms with Gasteiger partial charge in [0.2, 0.25) is 0 Å². The van der Waals surface area contributed by atoms with Crippen molar-refractivity contribution in [3.05, 3.63) is 46.0 Å². The van der Waals surface area contributed by atoms with E-state index < -0.39 is 0 Å². The molecule has 1 saturated heterocycles. The second kappa shape index (κ2) is 7.86. The van der Waals surface area contributed by atoms with E-state index in [1.165, 1.54) is 24.0 Å². The molecule has 4 rings (SSSR count). The van der Waals surface area contributed by atoms with Crippen molar-refractivity contribution in [2.24, 2.45) is 0 Å². The molecule has 0 bridgehead atoms. The molecule has 0 spiro atoms. The van der Waals surface area contributed by atoms with Crippen LogP contribution in [0.1, 0.15) is 55.6 Å². The monoisotopic (exact) mass is 385 g/mol. The summed E-state index contributed by atoms with van der Waals surface area (Å²) in [5, 5.41) is 4.88. The zero-order chi connectivity index (χ0) is 19.0. The van der Waals surface area contributed by atoms with E-state index in [-0.39, 0.29) is 0 Å². The molecule has 1 aliphatic heterocycles. The zero-order valence-electron chi connectivity index (χ0n) is 16.8. The third kappa shape index (κ3) is 4.18. The molecular formula is C21H31N5S. The quantitative estimate of drug-likeness (QED) is 0.704. The first-order valence-electron chi connectivity index (χ1n) is 10.2. The smallest absolute Gasteiger partial charge is 0.199 e. The summed E-state index contributed by atoms with van der Waals surface area (Å²) < 4.78 is 5.28. The van der Waals surface area contributed by atoms with Gasteiger partial charge in [-0.1, -0.05) is 38.1 Å². The SMILES string of the molecule is Cc1ccccc1CN1CCN(Cn2nc(C(C)C)n(C3CC3)c2=S)CC1. The van der Waals surface area contributed by atoms with E-state index in [4.69, 9.17) is 17.3 Å². The lowest BCUT2D eigenvalue weighted by Gasteiger charge is -2.34. The highest BCUT2D eigenvalue weighted by Gasteiger charge is 2.29. The summed E-state index contributed by atoms with van der Waals surface area (Å²) in [5.74, 6) is 1.57. The van der Waals surface area contributed by atoms with Crippen LogP contribution in [0.5, 0.6) is 0 Å². The van der Waals surface area contributed by atoms with Crippen molar-refractivity contribution in [2.75, 3.05) is 26.2 Å². The fourth-order valence-corrected chi connectivity index (χ4v) is 4.25. The molecule has 2 heterocycles. The van der Waals surface area contributed by atoms with Crippen LogP contribution in [0.15, 0.2) is 24.3 Å². The van der Waals surface area contributed by atoms with Crippen LogP contribution < -0.4 is 0 Å². The van der Waals surface area contributed by atoms with Gasteiger partial charge in [-0.2, -0.15) is 5.10 Å². The van der Waals surface area contributed by atoms with Crippen LogP contribution >= 0.6 is 12.2 Å². The van der Waals surface area contributed by atoms with Gasteiger partial charge in [-0.05, 0) is 43.1 Å². The standard InChI is InChI=1S/C21H31N5S/c1-16(2)20-22-25(21(27)26(20)19-8-9-19)15-24-12-10-23(11-13-24)14-18-7-5-4-6-17(18)3/h4-7,16,19H,8-15H2,1-3H3. The molecule has 1 aliphatic carbocycles. The lowest BCUT2D eigenvalue weighted by Crippen LogP contribution is -2.46. The number of hydrogen-bond acceptors (Lipinski definition) is 4. The molecule has 0 amide bonds. The normalized spacial score (nSPS) is 19.1.